The van der Waals surface area contributed by atoms with Gasteiger partial charge < -0.3 is 14.8 Å². The zero-order valence-corrected chi connectivity index (χ0v) is 15.8. The third kappa shape index (κ3) is 5.75. The normalized spacial score (nSPS) is 11.2. The molecular weight excluding hydrogens is 375 g/mol. The Bertz CT molecular complexity index is 885. The number of methoxy groups -OCH3 is 1. The molecule has 0 fully saturated rings. The second-order valence-electron chi connectivity index (χ2n) is 5.46. The molecule has 27 heavy (non-hydrogen) atoms. The van der Waals surface area contributed by atoms with Gasteiger partial charge in [0.1, 0.15) is 18.2 Å². The zero-order valence-electron chi connectivity index (χ0n) is 15.0. The molecule has 9 heteroatoms. The first-order valence-electron chi connectivity index (χ1n) is 8.19. The van der Waals surface area contributed by atoms with Crippen molar-refractivity contribution in [3.63, 3.8) is 0 Å². The van der Waals surface area contributed by atoms with Crippen LogP contribution in [0.2, 0.25) is 0 Å². The highest BCUT2D eigenvalue weighted by atomic mass is 32.2. The smallest absolute Gasteiger partial charge is 0.258 e. The van der Waals surface area contributed by atoms with Crippen LogP contribution in [0.1, 0.15) is 17.3 Å². The summed E-state index contributed by atoms with van der Waals surface area (Å²) in [6.45, 7) is 2.64. The van der Waals surface area contributed by atoms with Crippen LogP contribution in [0.25, 0.3) is 0 Å². The Balaban J connectivity index is 2.13. The number of hydrogen-bond donors (Lipinski definition) is 2. The van der Waals surface area contributed by atoms with Gasteiger partial charge >= 0.3 is 0 Å². The number of sulfonamides is 1. The highest BCUT2D eigenvalue weighted by Gasteiger charge is 2.19. The monoisotopic (exact) mass is 396 g/mol. The summed E-state index contributed by atoms with van der Waals surface area (Å²) in [4.78, 5) is 12.2. The number of carbonyl (C=O) groups excluding carboxylic acids is 1. The van der Waals surface area contributed by atoms with Crippen molar-refractivity contribution in [3.8, 4) is 5.75 Å². The van der Waals surface area contributed by atoms with Crippen molar-refractivity contribution in [2.75, 3.05) is 32.2 Å². The number of ether oxygens (including phenoxy) is 2. The highest BCUT2D eigenvalue weighted by molar-refractivity contribution is 7.89. The lowest BCUT2D eigenvalue weighted by molar-refractivity contribution is 0.102. The molecule has 0 saturated carbocycles. The molecule has 0 saturated heterocycles. The Labute approximate surface area is 157 Å². The minimum atomic E-state index is -3.80. The van der Waals surface area contributed by atoms with Gasteiger partial charge in [-0.25, -0.2) is 17.5 Å². The van der Waals surface area contributed by atoms with E-state index >= 15 is 0 Å². The van der Waals surface area contributed by atoms with Crippen molar-refractivity contribution in [2.24, 2.45) is 0 Å². The van der Waals surface area contributed by atoms with Crippen molar-refractivity contribution >= 4 is 21.6 Å². The predicted molar refractivity (Wildman–Crippen MR) is 99.0 cm³/mol. The number of carbonyl (C=O) groups is 1. The van der Waals surface area contributed by atoms with Crippen LogP contribution in [0.3, 0.4) is 0 Å². The van der Waals surface area contributed by atoms with E-state index in [1.807, 2.05) is 0 Å². The summed E-state index contributed by atoms with van der Waals surface area (Å²) < 4.78 is 50.7. The van der Waals surface area contributed by atoms with Crippen LogP contribution in [0.5, 0.6) is 5.75 Å². The third-order valence-corrected chi connectivity index (χ3v) is 5.04. The fourth-order valence-corrected chi connectivity index (χ4v) is 3.26. The average Bonchev–Trinajstić information content (AvgIpc) is 2.63. The van der Waals surface area contributed by atoms with Crippen LogP contribution in [-0.4, -0.2) is 41.2 Å². The maximum atomic E-state index is 14.0. The Kier molecular flexibility index (Phi) is 7.28. The predicted octanol–water partition coefficient (Wildman–Crippen LogP) is 2.40. The average molecular weight is 396 g/mol. The van der Waals surface area contributed by atoms with Gasteiger partial charge in [-0.2, -0.15) is 0 Å². The Morgan fingerprint density at radius 3 is 2.44 bits per heavy atom. The van der Waals surface area contributed by atoms with Gasteiger partial charge in [0.05, 0.1) is 17.1 Å². The standard InChI is InChI=1S/C18H21FN2O5S/c1-3-20-27(23,24)15-8-9-17(19)16(12-15)18(22)21-13-4-6-14(7-5-13)26-11-10-25-2/h4-9,12,20H,3,10-11H2,1-2H3,(H,21,22). The third-order valence-electron chi connectivity index (χ3n) is 3.50. The quantitative estimate of drug-likeness (QED) is 0.635. The second kappa shape index (κ2) is 9.45. The lowest BCUT2D eigenvalue weighted by atomic mass is 10.2. The maximum absolute atomic E-state index is 14.0. The number of benzene rings is 2. The topological polar surface area (TPSA) is 93.7 Å². The van der Waals surface area contributed by atoms with Crippen LogP contribution in [0.4, 0.5) is 10.1 Å². The molecule has 7 nitrogen and oxygen atoms in total. The van der Waals surface area contributed by atoms with Gasteiger partial charge in [-0.15, -0.1) is 0 Å². The summed E-state index contributed by atoms with van der Waals surface area (Å²) >= 11 is 0. The van der Waals surface area contributed by atoms with Gasteiger partial charge in [0.15, 0.2) is 0 Å². The van der Waals surface area contributed by atoms with Crippen LogP contribution >= 0.6 is 0 Å². The van der Waals surface area contributed by atoms with E-state index in [1.165, 1.54) is 0 Å². The first-order valence-corrected chi connectivity index (χ1v) is 9.68. The van der Waals surface area contributed by atoms with Gasteiger partial charge in [0.25, 0.3) is 5.91 Å². The molecule has 146 valence electrons. The van der Waals surface area contributed by atoms with E-state index in [1.54, 1.807) is 38.3 Å². The van der Waals surface area contributed by atoms with E-state index in [9.17, 15) is 17.6 Å². The first kappa shape index (κ1) is 20.8. The molecule has 2 rings (SSSR count). The molecule has 0 radical (unpaired) electrons. The molecule has 0 aliphatic heterocycles. The van der Waals surface area contributed by atoms with Crippen LogP contribution in [0.15, 0.2) is 47.4 Å². The summed E-state index contributed by atoms with van der Waals surface area (Å²) in [5.74, 6) is -0.980. The Hall–Kier alpha value is -2.49. The Morgan fingerprint density at radius 2 is 1.81 bits per heavy atom. The maximum Gasteiger partial charge on any atom is 0.258 e. The number of rotatable bonds is 9. The molecule has 0 atom stereocenters. The largest absolute Gasteiger partial charge is 0.491 e. The van der Waals surface area contributed by atoms with Gasteiger partial charge in [0.2, 0.25) is 10.0 Å². The van der Waals surface area contributed by atoms with Gasteiger partial charge in [-0.3, -0.25) is 4.79 Å². The van der Waals surface area contributed by atoms with E-state index < -0.39 is 21.7 Å². The molecule has 0 unspecified atom stereocenters. The summed E-state index contributed by atoms with van der Waals surface area (Å²) in [6.07, 6.45) is 0. The van der Waals surface area contributed by atoms with Crippen molar-refractivity contribution in [2.45, 2.75) is 11.8 Å². The zero-order chi connectivity index (χ0) is 19.9. The number of amides is 1. The van der Waals surface area contributed by atoms with Crippen molar-refractivity contribution in [3.05, 3.63) is 53.8 Å². The number of anilines is 1. The molecule has 0 aliphatic carbocycles. The summed E-state index contributed by atoms with van der Waals surface area (Å²) in [7, 11) is -2.23. The van der Waals surface area contributed by atoms with Crippen molar-refractivity contribution in [1.82, 2.24) is 4.72 Å². The fourth-order valence-electron chi connectivity index (χ4n) is 2.19. The number of halogens is 1. The number of nitrogens with one attached hydrogen (secondary N) is 2. The highest BCUT2D eigenvalue weighted by Crippen LogP contribution is 2.19. The summed E-state index contributed by atoms with van der Waals surface area (Å²) in [5.41, 5.74) is 0.0489. The molecule has 0 spiro atoms. The van der Waals surface area contributed by atoms with Crippen LogP contribution < -0.4 is 14.8 Å². The molecule has 1 amide bonds. The molecule has 2 aromatic carbocycles. The molecule has 0 aliphatic rings. The molecule has 0 heterocycles. The van der Waals surface area contributed by atoms with Crippen molar-refractivity contribution in [1.29, 1.82) is 0 Å². The molecular formula is C18H21FN2O5S. The lowest BCUT2D eigenvalue weighted by Gasteiger charge is -2.10. The molecule has 2 N–H and O–H groups in total. The van der Waals surface area contributed by atoms with E-state index in [4.69, 9.17) is 9.47 Å². The van der Waals surface area contributed by atoms with E-state index in [2.05, 4.69) is 10.0 Å². The van der Waals surface area contributed by atoms with Gasteiger partial charge in [-0.05, 0) is 42.5 Å². The first-order chi connectivity index (χ1) is 12.9. The molecule has 0 bridgehead atoms. The minimum absolute atomic E-state index is 0.181. The van der Waals surface area contributed by atoms with Gasteiger partial charge in [0, 0.05) is 19.3 Å². The fraction of sp³-hybridized carbons (Fsp3) is 0.278. The van der Waals surface area contributed by atoms with E-state index in [0.29, 0.717) is 24.7 Å². The molecule has 0 aromatic heterocycles. The SMILES string of the molecule is CCNS(=O)(=O)c1ccc(F)c(C(=O)Nc2ccc(OCCOC)cc2)c1. The molecule has 2 aromatic rings. The Morgan fingerprint density at radius 1 is 1.11 bits per heavy atom. The van der Waals surface area contributed by atoms with Crippen LogP contribution in [0, 0.1) is 5.82 Å². The van der Waals surface area contributed by atoms with Crippen LogP contribution in [-0.2, 0) is 14.8 Å². The summed E-state index contributed by atoms with van der Waals surface area (Å²) in [5, 5.41) is 2.53. The number of hydrogen-bond acceptors (Lipinski definition) is 5. The van der Waals surface area contributed by atoms with E-state index in [-0.39, 0.29) is 17.0 Å². The van der Waals surface area contributed by atoms with E-state index in [0.717, 1.165) is 18.2 Å². The van der Waals surface area contributed by atoms with Crippen molar-refractivity contribution < 1.29 is 27.1 Å². The lowest BCUT2D eigenvalue weighted by Crippen LogP contribution is -2.24. The van der Waals surface area contributed by atoms with Gasteiger partial charge in [-0.1, -0.05) is 6.92 Å². The second-order valence-corrected chi connectivity index (χ2v) is 7.23. The minimum Gasteiger partial charge on any atom is -0.491 e. The summed E-state index contributed by atoms with van der Waals surface area (Å²) in [6, 6.07) is 9.54.